The smallest absolute Gasteiger partial charge is 0.320 e. The molecule has 1 unspecified atom stereocenters. The van der Waals surface area contributed by atoms with Crippen molar-refractivity contribution in [3.63, 3.8) is 0 Å². The molecule has 0 amide bonds. The number of hydrogen-bond donors (Lipinski definition) is 2. The summed E-state index contributed by atoms with van der Waals surface area (Å²) in [6.45, 7) is 2.08. The van der Waals surface area contributed by atoms with E-state index >= 15 is 0 Å². The zero-order valence-corrected chi connectivity index (χ0v) is 11.1. The van der Waals surface area contributed by atoms with E-state index < -0.39 is 12.0 Å². The van der Waals surface area contributed by atoms with Crippen LogP contribution < -0.4 is 5.32 Å². The summed E-state index contributed by atoms with van der Waals surface area (Å²) in [7, 11) is 1.68. The van der Waals surface area contributed by atoms with Crippen LogP contribution >= 0.6 is 11.8 Å². The van der Waals surface area contributed by atoms with Gasteiger partial charge in [0.2, 0.25) is 0 Å². The topological polar surface area (TPSA) is 49.3 Å². The Morgan fingerprint density at radius 2 is 2.29 bits per heavy atom. The highest BCUT2D eigenvalue weighted by Crippen LogP contribution is 2.15. The number of carboxylic acid groups (broad SMARTS) is 1. The molecule has 0 aliphatic heterocycles. The minimum absolute atomic E-state index is 0.431. The highest BCUT2D eigenvalue weighted by molar-refractivity contribution is 7.98. The van der Waals surface area contributed by atoms with Gasteiger partial charge in [-0.15, -0.1) is 0 Å². The van der Waals surface area contributed by atoms with Gasteiger partial charge in [-0.25, -0.2) is 0 Å². The van der Waals surface area contributed by atoms with E-state index in [0.29, 0.717) is 6.42 Å². The van der Waals surface area contributed by atoms with Crippen LogP contribution in [0.25, 0.3) is 0 Å². The van der Waals surface area contributed by atoms with E-state index in [-0.39, 0.29) is 0 Å². The summed E-state index contributed by atoms with van der Waals surface area (Å²) in [5, 5.41) is 11.7. The average molecular weight is 253 g/mol. The van der Waals surface area contributed by atoms with Gasteiger partial charge >= 0.3 is 5.97 Å². The third-order valence-electron chi connectivity index (χ3n) is 2.55. The molecule has 0 spiro atoms. The maximum absolute atomic E-state index is 10.8. The van der Waals surface area contributed by atoms with Crippen LogP contribution in [0.3, 0.4) is 0 Å². The summed E-state index contributed by atoms with van der Waals surface area (Å²) in [4.78, 5) is 10.8. The second-order valence-electron chi connectivity index (χ2n) is 4.01. The molecule has 1 atom stereocenters. The van der Waals surface area contributed by atoms with Crippen molar-refractivity contribution in [3.05, 3.63) is 35.4 Å². The standard InChI is InChI=1S/C13H19NO2S/c1-10-4-3-5-11(8-10)9-17-7-6-12(14-2)13(15)16/h3-5,8,12,14H,6-7,9H2,1-2H3,(H,15,16). The molecule has 0 aromatic heterocycles. The molecule has 2 N–H and O–H groups in total. The van der Waals surface area contributed by atoms with Gasteiger partial charge in [0.15, 0.2) is 0 Å². The molecule has 0 aliphatic rings. The lowest BCUT2D eigenvalue weighted by Crippen LogP contribution is -2.34. The lowest BCUT2D eigenvalue weighted by Gasteiger charge is -2.10. The van der Waals surface area contributed by atoms with Crippen LogP contribution in [0.2, 0.25) is 0 Å². The van der Waals surface area contributed by atoms with Gasteiger partial charge in [-0.05, 0) is 31.7 Å². The molecule has 3 nitrogen and oxygen atoms in total. The monoisotopic (exact) mass is 253 g/mol. The Morgan fingerprint density at radius 3 is 2.88 bits per heavy atom. The number of carboxylic acids is 1. The third kappa shape index (κ3) is 5.24. The highest BCUT2D eigenvalue weighted by Gasteiger charge is 2.13. The van der Waals surface area contributed by atoms with Crippen LogP contribution in [0, 0.1) is 6.92 Å². The first-order valence-corrected chi connectivity index (χ1v) is 6.82. The molecular weight excluding hydrogens is 234 g/mol. The Morgan fingerprint density at radius 1 is 1.53 bits per heavy atom. The van der Waals surface area contributed by atoms with Crippen molar-refractivity contribution in [1.82, 2.24) is 5.32 Å². The summed E-state index contributed by atoms with van der Waals surface area (Å²) in [6.07, 6.45) is 0.655. The Kier molecular flexibility index (Phi) is 6.08. The Hall–Kier alpha value is -1.00. The molecule has 0 fully saturated rings. The van der Waals surface area contributed by atoms with Crippen molar-refractivity contribution in [1.29, 1.82) is 0 Å². The number of hydrogen-bond acceptors (Lipinski definition) is 3. The van der Waals surface area contributed by atoms with E-state index in [1.807, 2.05) is 0 Å². The summed E-state index contributed by atoms with van der Waals surface area (Å²) >= 11 is 1.77. The summed E-state index contributed by atoms with van der Waals surface area (Å²) in [5.74, 6) is 1.02. The van der Waals surface area contributed by atoms with Crippen LogP contribution in [0.5, 0.6) is 0 Å². The second kappa shape index (κ2) is 7.35. The highest BCUT2D eigenvalue weighted by atomic mass is 32.2. The maximum atomic E-state index is 10.8. The van der Waals surface area contributed by atoms with Gasteiger partial charge in [0.25, 0.3) is 0 Å². The van der Waals surface area contributed by atoms with Gasteiger partial charge in [0, 0.05) is 5.75 Å². The molecule has 4 heteroatoms. The predicted octanol–water partition coefficient (Wildman–Crippen LogP) is 2.29. The van der Waals surface area contributed by atoms with E-state index in [4.69, 9.17) is 5.11 Å². The Balaban J connectivity index is 2.26. The lowest BCUT2D eigenvalue weighted by molar-refractivity contribution is -0.139. The van der Waals surface area contributed by atoms with Crippen molar-refractivity contribution < 1.29 is 9.90 Å². The van der Waals surface area contributed by atoms with Gasteiger partial charge in [-0.2, -0.15) is 11.8 Å². The van der Waals surface area contributed by atoms with E-state index in [0.717, 1.165) is 11.5 Å². The predicted molar refractivity (Wildman–Crippen MR) is 72.4 cm³/mol. The molecular formula is C13H19NO2S. The number of carbonyl (C=O) groups is 1. The third-order valence-corrected chi connectivity index (χ3v) is 3.61. The fourth-order valence-corrected chi connectivity index (χ4v) is 2.55. The Bertz CT molecular complexity index is 368. The first kappa shape index (κ1) is 14.1. The van der Waals surface area contributed by atoms with E-state index in [9.17, 15) is 4.79 Å². The van der Waals surface area contributed by atoms with Crippen molar-refractivity contribution in [2.24, 2.45) is 0 Å². The molecule has 0 saturated carbocycles. The molecule has 0 heterocycles. The number of benzene rings is 1. The summed E-state index contributed by atoms with van der Waals surface area (Å²) in [5.41, 5.74) is 2.56. The van der Waals surface area contributed by atoms with Crippen LogP contribution in [-0.4, -0.2) is 29.9 Å². The molecule has 0 aliphatic carbocycles. The van der Waals surface area contributed by atoms with E-state index in [1.165, 1.54) is 11.1 Å². The number of nitrogens with one attached hydrogen (secondary N) is 1. The number of likely N-dealkylation sites (N-methyl/N-ethyl adjacent to an activating group) is 1. The first-order valence-electron chi connectivity index (χ1n) is 5.67. The fourth-order valence-electron chi connectivity index (χ4n) is 1.58. The normalized spacial score (nSPS) is 12.4. The number of aryl methyl sites for hydroxylation is 1. The van der Waals surface area contributed by atoms with Crippen molar-refractivity contribution in [2.45, 2.75) is 25.1 Å². The van der Waals surface area contributed by atoms with Crippen molar-refractivity contribution in [2.75, 3.05) is 12.8 Å². The van der Waals surface area contributed by atoms with Gasteiger partial charge in [-0.1, -0.05) is 29.8 Å². The van der Waals surface area contributed by atoms with E-state index in [1.54, 1.807) is 18.8 Å². The minimum Gasteiger partial charge on any atom is -0.480 e. The largest absolute Gasteiger partial charge is 0.480 e. The molecule has 0 radical (unpaired) electrons. The molecule has 0 bridgehead atoms. The Labute approximate surface area is 107 Å². The zero-order valence-electron chi connectivity index (χ0n) is 10.3. The zero-order chi connectivity index (χ0) is 12.7. The van der Waals surface area contributed by atoms with Crippen LogP contribution in [-0.2, 0) is 10.5 Å². The second-order valence-corrected chi connectivity index (χ2v) is 5.11. The SMILES string of the molecule is CNC(CCSCc1cccc(C)c1)C(=O)O. The average Bonchev–Trinajstić information content (AvgIpc) is 2.28. The lowest BCUT2D eigenvalue weighted by atomic mass is 10.2. The molecule has 1 rings (SSSR count). The van der Waals surface area contributed by atoms with Crippen LogP contribution in [0.15, 0.2) is 24.3 Å². The molecule has 1 aromatic carbocycles. The van der Waals surface area contributed by atoms with Crippen molar-refractivity contribution in [3.8, 4) is 0 Å². The first-order chi connectivity index (χ1) is 8.13. The van der Waals surface area contributed by atoms with E-state index in [2.05, 4.69) is 36.5 Å². The number of thioether (sulfide) groups is 1. The number of aliphatic carboxylic acids is 1. The van der Waals surface area contributed by atoms with Gasteiger partial charge in [-0.3, -0.25) is 4.79 Å². The van der Waals surface area contributed by atoms with Crippen LogP contribution in [0.1, 0.15) is 17.5 Å². The van der Waals surface area contributed by atoms with Gasteiger partial charge in [0.05, 0.1) is 0 Å². The van der Waals surface area contributed by atoms with Crippen molar-refractivity contribution >= 4 is 17.7 Å². The fraction of sp³-hybridized carbons (Fsp3) is 0.462. The molecule has 0 saturated heterocycles. The summed E-state index contributed by atoms with van der Waals surface area (Å²) < 4.78 is 0. The van der Waals surface area contributed by atoms with Gasteiger partial charge in [0.1, 0.15) is 6.04 Å². The van der Waals surface area contributed by atoms with Gasteiger partial charge < -0.3 is 10.4 Å². The molecule has 17 heavy (non-hydrogen) atoms. The number of rotatable bonds is 7. The molecule has 1 aromatic rings. The van der Waals surface area contributed by atoms with Crippen LogP contribution in [0.4, 0.5) is 0 Å². The molecule has 94 valence electrons. The summed E-state index contributed by atoms with van der Waals surface area (Å²) in [6, 6.07) is 7.97. The maximum Gasteiger partial charge on any atom is 0.320 e. The quantitative estimate of drug-likeness (QED) is 0.732. The minimum atomic E-state index is -0.774.